The molecule has 130 valence electrons. The standard InChI is InChI=1S/C17H21FN2O3S/c18-14-6-4-7-15(12-14)24(21,22)19-13-16(17-8-5-11-23-17)20-9-2-1-3-10-20/h4-8,11-12,16,19H,1-3,9-10,13H2/t16-/m0/s1. The van der Waals surface area contributed by atoms with E-state index in [1.165, 1.54) is 24.6 Å². The van der Waals surface area contributed by atoms with E-state index in [1.54, 1.807) is 12.3 Å². The van der Waals surface area contributed by atoms with E-state index in [0.717, 1.165) is 37.8 Å². The SMILES string of the molecule is O=S(=O)(NC[C@@H](c1ccco1)N1CCCCC1)c1cccc(F)c1. The molecule has 1 fully saturated rings. The van der Waals surface area contributed by atoms with Gasteiger partial charge < -0.3 is 4.42 Å². The Kier molecular flexibility index (Phi) is 5.33. The molecule has 24 heavy (non-hydrogen) atoms. The average molecular weight is 352 g/mol. The van der Waals surface area contributed by atoms with E-state index < -0.39 is 15.8 Å². The Morgan fingerprint density at radius 1 is 1.17 bits per heavy atom. The predicted octanol–water partition coefficient (Wildman–Crippen LogP) is 2.92. The van der Waals surface area contributed by atoms with Crippen molar-refractivity contribution in [3.05, 3.63) is 54.2 Å². The number of halogens is 1. The second kappa shape index (κ2) is 7.46. The van der Waals surface area contributed by atoms with E-state index in [9.17, 15) is 12.8 Å². The van der Waals surface area contributed by atoms with Crippen LogP contribution in [0.25, 0.3) is 0 Å². The quantitative estimate of drug-likeness (QED) is 0.868. The van der Waals surface area contributed by atoms with Crippen LogP contribution < -0.4 is 4.72 Å². The molecule has 0 amide bonds. The van der Waals surface area contributed by atoms with Crippen LogP contribution in [0, 0.1) is 5.82 Å². The molecule has 0 bridgehead atoms. The molecular formula is C17H21FN2O3S. The van der Waals surface area contributed by atoms with Crippen LogP contribution in [0.5, 0.6) is 0 Å². The largest absolute Gasteiger partial charge is 0.468 e. The summed E-state index contributed by atoms with van der Waals surface area (Å²) in [6.07, 6.45) is 4.96. The minimum Gasteiger partial charge on any atom is -0.468 e. The van der Waals surface area contributed by atoms with Gasteiger partial charge in [0.15, 0.2) is 0 Å². The lowest BCUT2D eigenvalue weighted by Gasteiger charge is -2.33. The number of hydrogen-bond acceptors (Lipinski definition) is 4. The van der Waals surface area contributed by atoms with E-state index in [4.69, 9.17) is 4.42 Å². The maximum atomic E-state index is 13.3. The van der Waals surface area contributed by atoms with Gasteiger partial charge in [-0.15, -0.1) is 0 Å². The summed E-state index contributed by atoms with van der Waals surface area (Å²) in [5.41, 5.74) is 0. The summed E-state index contributed by atoms with van der Waals surface area (Å²) in [7, 11) is -3.77. The van der Waals surface area contributed by atoms with Gasteiger partial charge >= 0.3 is 0 Å². The molecule has 0 saturated carbocycles. The molecule has 2 heterocycles. The summed E-state index contributed by atoms with van der Waals surface area (Å²) in [6.45, 7) is 2.01. The highest BCUT2D eigenvalue weighted by atomic mass is 32.2. The highest BCUT2D eigenvalue weighted by molar-refractivity contribution is 7.89. The third kappa shape index (κ3) is 4.03. The van der Waals surface area contributed by atoms with Crippen molar-refractivity contribution in [2.75, 3.05) is 19.6 Å². The fourth-order valence-corrected chi connectivity index (χ4v) is 4.10. The minimum atomic E-state index is -3.77. The molecule has 1 aliphatic rings. The second-order valence-corrected chi connectivity index (χ2v) is 7.70. The third-order valence-corrected chi connectivity index (χ3v) is 5.70. The van der Waals surface area contributed by atoms with Crippen molar-refractivity contribution in [1.29, 1.82) is 0 Å². The van der Waals surface area contributed by atoms with E-state index in [2.05, 4.69) is 9.62 Å². The molecule has 1 aromatic heterocycles. The fourth-order valence-electron chi connectivity index (χ4n) is 3.03. The van der Waals surface area contributed by atoms with Crippen molar-refractivity contribution in [3.8, 4) is 0 Å². The third-order valence-electron chi connectivity index (χ3n) is 4.28. The number of piperidine rings is 1. The summed E-state index contributed by atoms with van der Waals surface area (Å²) < 4.78 is 46.2. The van der Waals surface area contributed by atoms with Crippen LogP contribution in [0.1, 0.15) is 31.1 Å². The highest BCUT2D eigenvalue weighted by Gasteiger charge is 2.26. The first kappa shape index (κ1) is 17.1. The van der Waals surface area contributed by atoms with Crippen LogP contribution in [0.15, 0.2) is 52.0 Å². The molecule has 7 heteroatoms. The van der Waals surface area contributed by atoms with Crippen molar-refractivity contribution in [1.82, 2.24) is 9.62 Å². The van der Waals surface area contributed by atoms with E-state index >= 15 is 0 Å². The molecule has 1 aliphatic heterocycles. The lowest BCUT2D eigenvalue weighted by atomic mass is 10.1. The summed E-state index contributed by atoms with van der Waals surface area (Å²) in [5.74, 6) is 0.162. The fraction of sp³-hybridized carbons (Fsp3) is 0.412. The number of hydrogen-bond donors (Lipinski definition) is 1. The molecule has 1 aromatic carbocycles. The maximum absolute atomic E-state index is 13.3. The van der Waals surface area contributed by atoms with E-state index in [1.807, 2.05) is 6.07 Å². The first-order valence-electron chi connectivity index (χ1n) is 8.09. The molecule has 5 nitrogen and oxygen atoms in total. The Labute approximate surface area is 141 Å². The molecule has 0 unspecified atom stereocenters. The number of likely N-dealkylation sites (tertiary alicyclic amines) is 1. The van der Waals surface area contributed by atoms with Crippen LogP contribution in [-0.2, 0) is 10.0 Å². The van der Waals surface area contributed by atoms with Gasteiger partial charge in [-0.25, -0.2) is 17.5 Å². The number of nitrogens with one attached hydrogen (secondary N) is 1. The van der Waals surface area contributed by atoms with E-state index in [-0.39, 0.29) is 17.5 Å². The van der Waals surface area contributed by atoms with Gasteiger partial charge in [-0.2, -0.15) is 0 Å². The van der Waals surface area contributed by atoms with Gasteiger partial charge in [-0.1, -0.05) is 12.5 Å². The zero-order chi connectivity index (χ0) is 17.0. The van der Waals surface area contributed by atoms with Crippen LogP contribution in [0.4, 0.5) is 4.39 Å². The van der Waals surface area contributed by atoms with Gasteiger partial charge in [0.05, 0.1) is 17.2 Å². The lowest BCUT2D eigenvalue weighted by Crippen LogP contribution is -2.40. The summed E-state index contributed by atoms with van der Waals surface area (Å²) in [5, 5.41) is 0. The van der Waals surface area contributed by atoms with E-state index in [0.29, 0.717) is 0 Å². The number of sulfonamides is 1. The smallest absolute Gasteiger partial charge is 0.240 e. The maximum Gasteiger partial charge on any atom is 0.240 e. The van der Waals surface area contributed by atoms with Crippen LogP contribution in [0.3, 0.4) is 0 Å². The molecule has 2 aromatic rings. The van der Waals surface area contributed by atoms with Crippen molar-refractivity contribution in [2.24, 2.45) is 0 Å². The van der Waals surface area contributed by atoms with Crippen molar-refractivity contribution in [2.45, 2.75) is 30.2 Å². The van der Waals surface area contributed by atoms with Crippen molar-refractivity contribution < 1.29 is 17.2 Å². The molecule has 0 radical (unpaired) electrons. The topological polar surface area (TPSA) is 62.6 Å². The normalized spacial score (nSPS) is 17.7. The molecular weight excluding hydrogens is 331 g/mol. The predicted molar refractivity (Wildman–Crippen MR) is 88.5 cm³/mol. The summed E-state index contributed by atoms with van der Waals surface area (Å²) in [6, 6.07) is 8.50. The molecule has 0 spiro atoms. The van der Waals surface area contributed by atoms with Gasteiger partial charge in [0.2, 0.25) is 10.0 Å². The first-order valence-corrected chi connectivity index (χ1v) is 9.57. The van der Waals surface area contributed by atoms with Crippen LogP contribution in [0.2, 0.25) is 0 Å². The number of furan rings is 1. The van der Waals surface area contributed by atoms with Crippen molar-refractivity contribution >= 4 is 10.0 Å². The number of benzene rings is 1. The molecule has 0 aliphatic carbocycles. The molecule has 1 N–H and O–H groups in total. The minimum absolute atomic E-state index is 0.0701. The Hall–Kier alpha value is -1.70. The van der Waals surface area contributed by atoms with Crippen molar-refractivity contribution in [3.63, 3.8) is 0 Å². The number of nitrogens with zero attached hydrogens (tertiary/aromatic N) is 1. The van der Waals surface area contributed by atoms with Gasteiger partial charge in [-0.3, -0.25) is 4.90 Å². The average Bonchev–Trinajstić information content (AvgIpc) is 3.10. The Morgan fingerprint density at radius 3 is 2.62 bits per heavy atom. The van der Waals surface area contributed by atoms with Gasteiger partial charge in [0.25, 0.3) is 0 Å². The second-order valence-electron chi connectivity index (χ2n) is 5.94. The molecule has 3 rings (SSSR count). The van der Waals surface area contributed by atoms with Gasteiger partial charge in [0.1, 0.15) is 11.6 Å². The first-order chi connectivity index (χ1) is 11.6. The summed E-state index contributed by atoms with van der Waals surface area (Å²) in [4.78, 5) is 2.16. The molecule has 1 saturated heterocycles. The summed E-state index contributed by atoms with van der Waals surface area (Å²) >= 11 is 0. The van der Waals surface area contributed by atoms with Crippen LogP contribution >= 0.6 is 0 Å². The molecule has 1 atom stereocenters. The zero-order valence-corrected chi connectivity index (χ0v) is 14.1. The lowest BCUT2D eigenvalue weighted by molar-refractivity contribution is 0.147. The van der Waals surface area contributed by atoms with Crippen LogP contribution in [-0.4, -0.2) is 33.0 Å². The highest BCUT2D eigenvalue weighted by Crippen LogP contribution is 2.25. The Balaban J connectivity index is 1.75. The van der Waals surface area contributed by atoms with Gasteiger partial charge in [-0.05, 0) is 56.3 Å². The monoisotopic (exact) mass is 352 g/mol. The Bertz CT molecular complexity index is 756. The zero-order valence-electron chi connectivity index (χ0n) is 13.3. The van der Waals surface area contributed by atoms with Gasteiger partial charge in [0, 0.05) is 6.54 Å². The Morgan fingerprint density at radius 2 is 1.96 bits per heavy atom. The number of rotatable bonds is 6.